The van der Waals surface area contributed by atoms with Crippen LogP contribution in [0.1, 0.15) is 5.56 Å². The fraction of sp³-hybridized carbons (Fsp3) is 0.400. The summed E-state index contributed by atoms with van der Waals surface area (Å²) in [6.07, 6.45) is 1.18. The zero-order chi connectivity index (χ0) is 12.3. The molecule has 0 radical (unpaired) electrons. The molecule has 1 aromatic carbocycles. The summed E-state index contributed by atoms with van der Waals surface area (Å²) in [5, 5.41) is 2.96. The Morgan fingerprint density at radius 3 is 2.62 bits per heavy atom. The summed E-state index contributed by atoms with van der Waals surface area (Å²) in [6, 6.07) is 3.00. The standard InChI is InChI=1S/C10H13BrFNO2S/c1-7-5-9(12)8(11)6-10(7)13-3-4-16(2,14)15/h5-6,13H,3-4H2,1-2H3. The Bertz CT molecular complexity index is 488. The number of rotatable bonds is 4. The van der Waals surface area contributed by atoms with Crippen molar-refractivity contribution in [1.82, 2.24) is 0 Å². The van der Waals surface area contributed by atoms with Crippen LogP contribution in [0.4, 0.5) is 10.1 Å². The Balaban J connectivity index is 2.71. The lowest BCUT2D eigenvalue weighted by atomic mass is 10.2. The van der Waals surface area contributed by atoms with Crippen molar-refractivity contribution in [3.63, 3.8) is 0 Å². The third kappa shape index (κ3) is 4.09. The van der Waals surface area contributed by atoms with E-state index in [1.165, 1.54) is 12.3 Å². The Hall–Kier alpha value is -0.620. The lowest BCUT2D eigenvalue weighted by Crippen LogP contribution is -2.14. The van der Waals surface area contributed by atoms with Crippen molar-refractivity contribution in [3.8, 4) is 0 Å². The molecule has 16 heavy (non-hydrogen) atoms. The van der Waals surface area contributed by atoms with E-state index in [-0.39, 0.29) is 11.6 Å². The molecule has 0 aliphatic heterocycles. The van der Waals surface area contributed by atoms with Crippen molar-refractivity contribution in [2.45, 2.75) is 6.92 Å². The molecule has 0 aromatic heterocycles. The molecule has 1 rings (SSSR count). The van der Waals surface area contributed by atoms with Crippen LogP contribution in [0, 0.1) is 12.7 Å². The van der Waals surface area contributed by atoms with Crippen molar-refractivity contribution in [3.05, 3.63) is 28.0 Å². The summed E-state index contributed by atoms with van der Waals surface area (Å²) in [7, 11) is -2.97. The Kier molecular flexibility index (Phi) is 4.32. The van der Waals surface area contributed by atoms with Crippen LogP contribution in [0.5, 0.6) is 0 Å². The first-order valence-electron chi connectivity index (χ1n) is 4.67. The molecule has 0 aliphatic carbocycles. The summed E-state index contributed by atoms with van der Waals surface area (Å²) in [5.41, 5.74) is 1.48. The van der Waals surface area contributed by atoms with Gasteiger partial charge in [-0.05, 0) is 40.5 Å². The minimum Gasteiger partial charge on any atom is -0.384 e. The molecule has 0 fully saturated rings. The van der Waals surface area contributed by atoms with E-state index in [0.717, 1.165) is 11.3 Å². The molecule has 0 atom stereocenters. The van der Waals surface area contributed by atoms with Crippen LogP contribution >= 0.6 is 15.9 Å². The Labute approximate surface area is 103 Å². The molecule has 0 bridgehead atoms. The van der Waals surface area contributed by atoms with Crippen LogP contribution in [0.3, 0.4) is 0 Å². The topological polar surface area (TPSA) is 46.2 Å². The lowest BCUT2D eigenvalue weighted by molar-refractivity contribution is 0.602. The van der Waals surface area contributed by atoms with Gasteiger partial charge in [0.15, 0.2) is 0 Å². The number of sulfone groups is 1. The first-order chi connectivity index (χ1) is 7.29. The SMILES string of the molecule is Cc1cc(F)c(Br)cc1NCCS(C)(=O)=O. The predicted molar refractivity (Wildman–Crippen MR) is 67.0 cm³/mol. The number of benzene rings is 1. The molecule has 0 spiro atoms. The monoisotopic (exact) mass is 309 g/mol. The molecule has 90 valence electrons. The number of nitrogens with one attached hydrogen (secondary N) is 1. The first-order valence-corrected chi connectivity index (χ1v) is 7.52. The zero-order valence-electron chi connectivity index (χ0n) is 9.05. The van der Waals surface area contributed by atoms with Gasteiger partial charge in [-0.2, -0.15) is 0 Å². The van der Waals surface area contributed by atoms with Crippen molar-refractivity contribution in [2.24, 2.45) is 0 Å². The maximum atomic E-state index is 13.1. The van der Waals surface area contributed by atoms with Gasteiger partial charge in [-0.1, -0.05) is 0 Å². The molecule has 0 saturated heterocycles. The lowest BCUT2D eigenvalue weighted by Gasteiger charge is -2.10. The molecule has 0 heterocycles. The van der Waals surface area contributed by atoms with E-state index in [9.17, 15) is 12.8 Å². The van der Waals surface area contributed by atoms with Crippen molar-refractivity contribution in [1.29, 1.82) is 0 Å². The van der Waals surface area contributed by atoms with Gasteiger partial charge in [0.05, 0.1) is 10.2 Å². The van der Waals surface area contributed by atoms with Crippen LogP contribution < -0.4 is 5.32 Å². The van der Waals surface area contributed by atoms with Gasteiger partial charge in [0.1, 0.15) is 15.7 Å². The summed E-state index contributed by atoms with van der Waals surface area (Å²) in [4.78, 5) is 0. The quantitative estimate of drug-likeness (QED) is 0.928. The third-order valence-corrected chi connectivity index (χ3v) is 3.61. The van der Waals surface area contributed by atoms with Crippen molar-refractivity contribution < 1.29 is 12.8 Å². The molecule has 0 amide bonds. The highest BCUT2D eigenvalue weighted by Gasteiger charge is 2.06. The molecule has 1 aromatic rings. The van der Waals surface area contributed by atoms with Crippen LogP contribution in [0.25, 0.3) is 0 Å². The minimum atomic E-state index is -2.97. The number of aryl methyl sites for hydroxylation is 1. The maximum absolute atomic E-state index is 13.1. The third-order valence-electron chi connectivity index (χ3n) is 2.06. The maximum Gasteiger partial charge on any atom is 0.149 e. The van der Waals surface area contributed by atoms with Crippen LogP contribution in [-0.4, -0.2) is 27.0 Å². The molecule has 1 N–H and O–H groups in total. The molecule has 0 unspecified atom stereocenters. The van der Waals surface area contributed by atoms with Gasteiger partial charge in [0, 0.05) is 18.5 Å². The largest absolute Gasteiger partial charge is 0.384 e. The van der Waals surface area contributed by atoms with Gasteiger partial charge >= 0.3 is 0 Å². The van der Waals surface area contributed by atoms with E-state index in [0.29, 0.717) is 11.0 Å². The van der Waals surface area contributed by atoms with Crippen molar-refractivity contribution in [2.75, 3.05) is 23.9 Å². The van der Waals surface area contributed by atoms with E-state index in [2.05, 4.69) is 21.2 Å². The molecular formula is C10H13BrFNO2S. The number of hydrogen-bond donors (Lipinski definition) is 1. The van der Waals surface area contributed by atoms with Gasteiger partial charge < -0.3 is 5.32 Å². The van der Waals surface area contributed by atoms with E-state index in [4.69, 9.17) is 0 Å². The summed E-state index contributed by atoms with van der Waals surface area (Å²) in [6.45, 7) is 2.08. The van der Waals surface area contributed by atoms with Gasteiger partial charge in [0.25, 0.3) is 0 Å². The average molecular weight is 310 g/mol. The summed E-state index contributed by atoms with van der Waals surface area (Å²) >= 11 is 3.08. The molecule has 0 saturated carbocycles. The van der Waals surface area contributed by atoms with Crippen LogP contribution in [0.15, 0.2) is 16.6 Å². The van der Waals surface area contributed by atoms with Crippen LogP contribution in [0.2, 0.25) is 0 Å². The normalized spacial score (nSPS) is 11.5. The highest BCUT2D eigenvalue weighted by Crippen LogP contribution is 2.23. The number of hydrogen-bond acceptors (Lipinski definition) is 3. The second kappa shape index (κ2) is 5.14. The van der Waals surface area contributed by atoms with E-state index >= 15 is 0 Å². The molecular weight excluding hydrogens is 297 g/mol. The molecule has 3 nitrogen and oxygen atoms in total. The fourth-order valence-electron chi connectivity index (χ4n) is 1.21. The van der Waals surface area contributed by atoms with Crippen LogP contribution in [-0.2, 0) is 9.84 Å². The van der Waals surface area contributed by atoms with E-state index in [1.807, 2.05) is 0 Å². The molecule has 0 aliphatic rings. The Morgan fingerprint density at radius 1 is 1.44 bits per heavy atom. The predicted octanol–water partition coefficient (Wildman–Crippen LogP) is 2.35. The van der Waals surface area contributed by atoms with E-state index < -0.39 is 9.84 Å². The number of halogens is 2. The van der Waals surface area contributed by atoms with Crippen molar-refractivity contribution >= 4 is 31.5 Å². The smallest absolute Gasteiger partial charge is 0.149 e. The van der Waals surface area contributed by atoms with Gasteiger partial charge in [0.2, 0.25) is 0 Å². The first kappa shape index (κ1) is 13.4. The Morgan fingerprint density at radius 2 is 2.06 bits per heavy atom. The summed E-state index contributed by atoms with van der Waals surface area (Å²) < 4.78 is 35.3. The molecule has 6 heteroatoms. The van der Waals surface area contributed by atoms with E-state index in [1.54, 1.807) is 13.0 Å². The zero-order valence-corrected chi connectivity index (χ0v) is 11.5. The minimum absolute atomic E-state index is 0.0570. The second-order valence-electron chi connectivity index (χ2n) is 3.64. The highest BCUT2D eigenvalue weighted by atomic mass is 79.9. The van der Waals surface area contributed by atoms with Gasteiger partial charge in [-0.15, -0.1) is 0 Å². The fourth-order valence-corrected chi connectivity index (χ4v) is 2.02. The number of anilines is 1. The highest BCUT2D eigenvalue weighted by molar-refractivity contribution is 9.10. The van der Waals surface area contributed by atoms with Gasteiger partial charge in [-0.3, -0.25) is 0 Å². The average Bonchev–Trinajstić information content (AvgIpc) is 2.11. The second-order valence-corrected chi connectivity index (χ2v) is 6.75. The summed E-state index contributed by atoms with van der Waals surface area (Å²) in [5.74, 6) is -0.271. The van der Waals surface area contributed by atoms with Gasteiger partial charge in [-0.25, -0.2) is 12.8 Å².